The Morgan fingerprint density at radius 1 is 1.09 bits per heavy atom. The van der Waals surface area contributed by atoms with Crippen LogP contribution in [0.4, 0.5) is 22.4 Å². The van der Waals surface area contributed by atoms with Crippen LogP contribution in [0.2, 0.25) is 0 Å². The molecule has 12 heteroatoms. The second-order valence-electron chi connectivity index (χ2n) is 12.1. The average molecular weight is 636 g/mol. The van der Waals surface area contributed by atoms with Crippen molar-refractivity contribution in [2.75, 3.05) is 42.2 Å². The van der Waals surface area contributed by atoms with Crippen molar-refractivity contribution in [1.82, 2.24) is 34.9 Å². The van der Waals surface area contributed by atoms with Gasteiger partial charge in [0.25, 0.3) is 0 Å². The van der Waals surface area contributed by atoms with Crippen LogP contribution in [0.5, 0.6) is 0 Å². The summed E-state index contributed by atoms with van der Waals surface area (Å²) in [7, 11) is 4.01. The summed E-state index contributed by atoms with van der Waals surface area (Å²) in [6.45, 7) is 4.88. The Balaban J connectivity index is 1.24. The molecule has 4 heterocycles. The van der Waals surface area contributed by atoms with E-state index in [9.17, 15) is 10.1 Å². The number of carbonyl (C=O) groups excluding carboxylic acids is 1. The SMILES string of the molecule is CCCC(CCCN(C(=O)NCc1ccccc1)c1ccc(-c2cnn(C)c2)cn1)Nc1ncc(C#N)c(NCC2CCCN2C)n1. The van der Waals surface area contributed by atoms with Crippen molar-refractivity contribution in [3.63, 3.8) is 0 Å². The molecule has 5 rings (SSSR count). The van der Waals surface area contributed by atoms with E-state index in [-0.39, 0.29) is 12.1 Å². The fourth-order valence-corrected chi connectivity index (χ4v) is 5.91. The molecule has 1 fully saturated rings. The number of nitrogens with zero attached hydrogens (tertiary/aromatic N) is 8. The van der Waals surface area contributed by atoms with E-state index < -0.39 is 0 Å². The molecule has 4 aromatic rings. The molecule has 47 heavy (non-hydrogen) atoms. The normalized spacial score (nSPS) is 15.1. The molecular weight excluding hydrogens is 590 g/mol. The number of anilines is 3. The molecule has 0 saturated carbocycles. The van der Waals surface area contributed by atoms with Gasteiger partial charge < -0.3 is 20.9 Å². The highest BCUT2D eigenvalue weighted by Gasteiger charge is 2.22. The average Bonchev–Trinajstić information content (AvgIpc) is 3.72. The molecule has 1 aliphatic rings. The van der Waals surface area contributed by atoms with E-state index in [0.717, 1.165) is 61.9 Å². The van der Waals surface area contributed by atoms with Crippen molar-refractivity contribution in [3.8, 4) is 17.2 Å². The number of carbonyl (C=O) groups is 1. The quantitative estimate of drug-likeness (QED) is 0.156. The van der Waals surface area contributed by atoms with Crippen LogP contribution in [0, 0.1) is 11.3 Å². The largest absolute Gasteiger partial charge is 0.367 e. The zero-order valence-corrected chi connectivity index (χ0v) is 27.6. The molecular formula is C35H45N11O. The zero-order chi connectivity index (χ0) is 33.0. The molecule has 2 unspecified atom stereocenters. The Labute approximate surface area is 277 Å². The van der Waals surface area contributed by atoms with Crippen molar-refractivity contribution >= 4 is 23.6 Å². The third kappa shape index (κ3) is 9.26. The van der Waals surface area contributed by atoms with Crippen molar-refractivity contribution in [2.24, 2.45) is 7.05 Å². The molecule has 3 N–H and O–H groups in total. The number of hydrogen-bond donors (Lipinski definition) is 3. The Morgan fingerprint density at radius 2 is 1.94 bits per heavy atom. The monoisotopic (exact) mass is 635 g/mol. The van der Waals surface area contributed by atoms with Gasteiger partial charge in [-0.05, 0) is 63.4 Å². The van der Waals surface area contributed by atoms with Gasteiger partial charge in [-0.15, -0.1) is 0 Å². The minimum Gasteiger partial charge on any atom is -0.367 e. The van der Waals surface area contributed by atoms with Gasteiger partial charge in [-0.1, -0.05) is 43.7 Å². The van der Waals surface area contributed by atoms with Gasteiger partial charge in [-0.25, -0.2) is 14.8 Å². The summed E-state index contributed by atoms with van der Waals surface area (Å²) in [5.74, 6) is 1.64. The van der Waals surface area contributed by atoms with Crippen molar-refractivity contribution in [3.05, 3.63) is 78.4 Å². The van der Waals surface area contributed by atoms with Crippen molar-refractivity contribution < 1.29 is 4.79 Å². The van der Waals surface area contributed by atoms with Crippen LogP contribution in [-0.4, -0.2) is 74.4 Å². The Morgan fingerprint density at radius 3 is 2.62 bits per heavy atom. The highest BCUT2D eigenvalue weighted by molar-refractivity contribution is 5.91. The first-order valence-corrected chi connectivity index (χ1v) is 16.5. The van der Waals surface area contributed by atoms with Gasteiger partial charge >= 0.3 is 6.03 Å². The lowest BCUT2D eigenvalue weighted by atomic mass is 10.1. The highest BCUT2D eigenvalue weighted by Crippen LogP contribution is 2.22. The maximum atomic E-state index is 13.5. The third-order valence-electron chi connectivity index (χ3n) is 8.58. The summed E-state index contributed by atoms with van der Waals surface area (Å²) in [4.78, 5) is 31.4. The van der Waals surface area contributed by atoms with E-state index in [1.165, 1.54) is 6.42 Å². The summed E-state index contributed by atoms with van der Waals surface area (Å²) in [5.41, 5.74) is 3.36. The number of pyridine rings is 1. The highest BCUT2D eigenvalue weighted by atomic mass is 16.2. The van der Waals surface area contributed by atoms with Gasteiger partial charge in [0.2, 0.25) is 5.95 Å². The lowest BCUT2D eigenvalue weighted by Gasteiger charge is -2.24. The number of urea groups is 1. The fraction of sp³-hybridized carbons (Fsp3) is 0.429. The van der Waals surface area contributed by atoms with E-state index >= 15 is 0 Å². The number of nitriles is 1. The van der Waals surface area contributed by atoms with Gasteiger partial charge in [-0.2, -0.15) is 15.3 Å². The first-order chi connectivity index (χ1) is 22.9. The Hall–Kier alpha value is -5.02. The number of nitrogens with one attached hydrogen (secondary N) is 3. The third-order valence-corrected chi connectivity index (χ3v) is 8.58. The van der Waals surface area contributed by atoms with E-state index in [1.54, 1.807) is 28.2 Å². The summed E-state index contributed by atoms with van der Waals surface area (Å²) >= 11 is 0. The fourth-order valence-electron chi connectivity index (χ4n) is 5.91. The van der Waals surface area contributed by atoms with E-state index in [0.29, 0.717) is 42.3 Å². The van der Waals surface area contributed by atoms with E-state index in [2.05, 4.69) is 56.0 Å². The standard InChI is InChI=1S/C35H45N11O/c1-4-10-30(42-34-39-22-28(19-36)33(43-34)38-24-31-14-9-17-44(31)2)13-8-18-46(35(47)40-20-26-11-6-5-7-12-26)32-16-15-27(21-37-32)29-23-41-45(3)25-29/h5-7,11-12,15-16,21-23,25,30-31H,4,8-10,13-14,17-18,20,24H2,1-3H3,(H,40,47)(H2,38,39,42,43). The van der Waals surface area contributed by atoms with Crippen LogP contribution in [0.25, 0.3) is 11.1 Å². The molecule has 1 saturated heterocycles. The second kappa shape index (κ2) is 16.5. The molecule has 2 atom stereocenters. The summed E-state index contributed by atoms with van der Waals surface area (Å²) in [5, 5.41) is 23.9. The minimum absolute atomic E-state index is 0.0943. The topological polar surface area (TPSA) is 140 Å². The molecule has 0 aliphatic carbocycles. The zero-order valence-electron chi connectivity index (χ0n) is 27.6. The number of rotatable bonds is 15. The first-order valence-electron chi connectivity index (χ1n) is 16.5. The van der Waals surface area contributed by atoms with Gasteiger partial charge in [0.1, 0.15) is 23.3 Å². The maximum Gasteiger partial charge on any atom is 0.323 e. The van der Waals surface area contributed by atoms with Crippen LogP contribution in [0.1, 0.15) is 56.6 Å². The number of aromatic nitrogens is 5. The summed E-state index contributed by atoms with van der Waals surface area (Å²) in [6, 6.07) is 16.3. The predicted octanol–water partition coefficient (Wildman–Crippen LogP) is 5.43. The number of likely N-dealkylation sites (N-methyl/N-ethyl adjacent to an activating group) is 1. The van der Waals surface area contributed by atoms with Gasteiger partial charge in [-0.3, -0.25) is 9.58 Å². The van der Waals surface area contributed by atoms with Crippen LogP contribution < -0.4 is 20.9 Å². The molecule has 0 bridgehead atoms. The number of likely N-dealkylation sites (tertiary alicyclic amines) is 1. The summed E-state index contributed by atoms with van der Waals surface area (Å²) in [6.07, 6.45) is 12.8. The number of hydrogen-bond acceptors (Lipinski definition) is 9. The van der Waals surface area contributed by atoms with Gasteiger partial charge in [0.05, 0.1) is 12.4 Å². The van der Waals surface area contributed by atoms with E-state index in [4.69, 9.17) is 4.98 Å². The van der Waals surface area contributed by atoms with Gasteiger partial charge in [0, 0.05) is 62.3 Å². The maximum absolute atomic E-state index is 13.5. The van der Waals surface area contributed by atoms with Crippen LogP contribution in [0.15, 0.2) is 67.3 Å². The number of aryl methyl sites for hydroxylation is 1. The summed E-state index contributed by atoms with van der Waals surface area (Å²) < 4.78 is 1.75. The smallest absolute Gasteiger partial charge is 0.323 e. The predicted molar refractivity (Wildman–Crippen MR) is 185 cm³/mol. The molecule has 2 amide bonds. The molecule has 12 nitrogen and oxygen atoms in total. The minimum atomic E-state index is -0.200. The molecule has 1 aromatic carbocycles. The second-order valence-corrected chi connectivity index (χ2v) is 12.1. The van der Waals surface area contributed by atoms with Crippen LogP contribution in [0.3, 0.4) is 0 Å². The van der Waals surface area contributed by atoms with Crippen LogP contribution >= 0.6 is 0 Å². The molecule has 0 radical (unpaired) electrons. The van der Waals surface area contributed by atoms with E-state index in [1.807, 2.05) is 55.7 Å². The lowest BCUT2D eigenvalue weighted by Crippen LogP contribution is -2.41. The van der Waals surface area contributed by atoms with Crippen LogP contribution in [-0.2, 0) is 13.6 Å². The van der Waals surface area contributed by atoms with Crippen molar-refractivity contribution in [1.29, 1.82) is 5.26 Å². The van der Waals surface area contributed by atoms with Crippen molar-refractivity contribution in [2.45, 2.75) is 64.1 Å². The molecule has 246 valence electrons. The molecule has 1 aliphatic heterocycles. The first kappa shape index (κ1) is 33.3. The number of amides is 2. The Bertz CT molecular complexity index is 1620. The lowest BCUT2D eigenvalue weighted by molar-refractivity contribution is 0.245. The molecule has 3 aromatic heterocycles. The number of benzene rings is 1. The Kier molecular flexibility index (Phi) is 11.7. The molecule has 0 spiro atoms. The van der Waals surface area contributed by atoms with Gasteiger partial charge in [0.15, 0.2) is 0 Å².